The van der Waals surface area contributed by atoms with E-state index in [9.17, 15) is 17.6 Å². The van der Waals surface area contributed by atoms with Crippen LogP contribution >= 0.6 is 0 Å². The maximum absolute atomic E-state index is 13.8. The summed E-state index contributed by atoms with van der Waals surface area (Å²) in [6.45, 7) is 0. The van der Waals surface area contributed by atoms with Crippen molar-refractivity contribution in [2.24, 2.45) is 5.10 Å². The van der Waals surface area contributed by atoms with Crippen LogP contribution in [0.2, 0.25) is 0 Å². The number of halogens is 4. The molecule has 0 N–H and O–H groups in total. The van der Waals surface area contributed by atoms with Gasteiger partial charge in [0.1, 0.15) is 23.3 Å². The van der Waals surface area contributed by atoms with Gasteiger partial charge in [0.15, 0.2) is 0 Å². The van der Waals surface area contributed by atoms with E-state index in [0.29, 0.717) is 34.6 Å². The van der Waals surface area contributed by atoms with E-state index in [-0.39, 0.29) is 35.3 Å². The molecule has 0 saturated carbocycles. The summed E-state index contributed by atoms with van der Waals surface area (Å²) in [6.07, 6.45) is 0.438. The highest BCUT2D eigenvalue weighted by Crippen LogP contribution is 2.37. The summed E-state index contributed by atoms with van der Waals surface area (Å²) in [5, 5.41) is 6.48. The molecule has 4 nitrogen and oxygen atoms in total. The summed E-state index contributed by atoms with van der Waals surface area (Å²) in [6, 6.07) is 25.4. The van der Waals surface area contributed by atoms with Crippen molar-refractivity contribution >= 4 is 11.7 Å². The molecule has 4 aromatic carbocycles. The third-order valence-corrected chi connectivity index (χ3v) is 6.54. The molecule has 6 rings (SSSR count). The van der Waals surface area contributed by atoms with Crippen molar-refractivity contribution in [3.8, 4) is 22.5 Å². The van der Waals surface area contributed by atoms with Gasteiger partial charge < -0.3 is 0 Å². The Labute approximate surface area is 221 Å². The fourth-order valence-corrected chi connectivity index (χ4v) is 4.53. The van der Waals surface area contributed by atoms with Crippen LogP contribution in [0.1, 0.15) is 23.6 Å². The zero-order valence-electron chi connectivity index (χ0n) is 20.4. The molecule has 0 bridgehead atoms. The Hall–Kier alpha value is -4.85. The van der Waals surface area contributed by atoms with E-state index in [1.165, 1.54) is 48.5 Å². The third kappa shape index (κ3) is 5.13. The van der Waals surface area contributed by atoms with E-state index in [1.807, 2.05) is 0 Å². The summed E-state index contributed by atoms with van der Waals surface area (Å²) in [5.74, 6) is -1.23. The Bertz CT molecular complexity index is 1590. The van der Waals surface area contributed by atoms with Crippen molar-refractivity contribution in [2.75, 3.05) is 5.01 Å². The van der Waals surface area contributed by atoms with Crippen molar-refractivity contribution in [1.82, 2.24) is 9.97 Å². The normalized spacial score (nSPS) is 14.9. The fraction of sp³-hybridized carbons (Fsp3) is 0.0645. The van der Waals surface area contributed by atoms with Crippen LogP contribution in [0, 0.1) is 23.3 Å². The number of anilines is 1. The van der Waals surface area contributed by atoms with Crippen LogP contribution in [-0.4, -0.2) is 15.7 Å². The number of nitrogens with zero attached hydrogens (tertiary/aromatic N) is 4. The van der Waals surface area contributed by atoms with E-state index in [4.69, 9.17) is 15.1 Å². The minimum Gasteiger partial charge on any atom is -0.223 e. The van der Waals surface area contributed by atoms with Crippen LogP contribution < -0.4 is 5.01 Å². The largest absolute Gasteiger partial charge is 0.247 e. The first-order chi connectivity index (χ1) is 18.9. The molecule has 0 radical (unpaired) electrons. The van der Waals surface area contributed by atoms with Crippen molar-refractivity contribution in [2.45, 2.75) is 12.5 Å². The molecule has 1 aromatic heterocycles. The van der Waals surface area contributed by atoms with E-state index < -0.39 is 0 Å². The summed E-state index contributed by atoms with van der Waals surface area (Å²) < 4.78 is 54.7. The molecular formula is C31H20F4N4. The average Bonchev–Trinajstić information content (AvgIpc) is 3.40. The lowest BCUT2D eigenvalue weighted by atomic mass is 9.98. The van der Waals surface area contributed by atoms with Crippen LogP contribution in [0.5, 0.6) is 0 Å². The topological polar surface area (TPSA) is 41.4 Å². The van der Waals surface area contributed by atoms with Crippen molar-refractivity contribution < 1.29 is 17.6 Å². The summed E-state index contributed by atoms with van der Waals surface area (Å²) in [5.41, 5.74) is 4.55. The highest BCUT2D eigenvalue weighted by Gasteiger charge is 2.32. The Balaban J connectivity index is 1.51. The standard InChI is InChI=1S/C31H20F4N4/c32-23-9-1-19(2-10-23)27-17-28(20-3-11-24(33)12-4-20)37-31(36-27)39-30(22-7-15-26(35)16-8-22)18-29(38-39)21-5-13-25(34)14-6-21/h1-17,30H,18H2. The second-order valence-electron chi connectivity index (χ2n) is 9.12. The molecule has 0 aliphatic carbocycles. The number of hydrogen-bond acceptors (Lipinski definition) is 4. The predicted molar refractivity (Wildman–Crippen MR) is 142 cm³/mol. The van der Waals surface area contributed by atoms with Gasteiger partial charge in [-0.25, -0.2) is 32.5 Å². The molecule has 39 heavy (non-hydrogen) atoms. The summed E-state index contributed by atoms with van der Waals surface area (Å²) in [7, 11) is 0. The highest BCUT2D eigenvalue weighted by molar-refractivity contribution is 6.03. The summed E-state index contributed by atoms with van der Waals surface area (Å²) >= 11 is 0. The smallest absolute Gasteiger partial charge is 0.223 e. The van der Waals surface area contributed by atoms with Gasteiger partial charge in [-0.3, -0.25) is 0 Å². The molecule has 1 aliphatic heterocycles. The Morgan fingerprint density at radius 3 is 1.41 bits per heavy atom. The lowest BCUT2D eigenvalue weighted by Crippen LogP contribution is -2.21. The van der Waals surface area contributed by atoms with Gasteiger partial charge in [-0.1, -0.05) is 24.3 Å². The first-order valence-corrected chi connectivity index (χ1v) is 12.2. The molecule has 0 amide bonds. The zero-order valence-corrected chi connectivity index (χ0v) is 20.4. The summed E-state index contributed by atoms with van der Waals surface area (Å²) in [4.78, 5) is 9.54. The molecular weight excluding hydrogens is 504 g/mol. The van der Waals surface area contributed by atoms with Gasteiger partial charge in [0.2, 0.25) is 5.95 Å². The predicted octanol–water partition coefficient (Wildman–Crippen LogP) is 7.72. The van der Waals surface area contributed by atoms with Gasteiger partial charge >= 0.3 is 0 Å². The molecule has 192 valence electrons. The molecule has 0 spiro atoms. The Morgan fingerprint density at radius 2 is 0.949 bits per heavy atom. The average molecular weight is 525 g/mol. The van der Waals surface area contributed by atoms with E-state index in [2.05, 4.69) is 0 Å². The lowest BCUT2D eigenvalue weighted by molar-refractivity contribution is 0.623. The van der Waals surface area contributed by atoms with E-state index >= 15 is 0 Å². The molecule has 1 aliphatic rings. The Kier molecular flexibility index (Phi) is 6.36. The fourth-order valence-electron chi connectivity index (χ4n) is 4.53. The number of rotatable bonds is 5. The maximum atomic E-state index is 13.8. The van der Waals surface area contributed by atoms with Crippen LogP contribution in [-0.2, 0) is 0 Å². The molecule has 1 atom stereocenters. The molecule has 0 saturated heterocycles. The zero-order chi connectivity index (χ0) is 26.9. The molecule has 5 aromatic rings. The maximum Gasteiger partial charge on any atom is 0.247 e. The molecule has 8 heteroatoms. The minimum atomic E-state index is -0.379. The second kappa shape index (κ2) is 10.1. The van der Waals surface area contributed by atoms with Crippen LogP contribution in [0.4, 0.5) is 23.5 Å². The quantitative estimate of drug-likeness (QED) is 0.221. The van der Waals surface area contributed by atoms with Crippen LogP contribution in [0.15, 0.2) is 108 Å². The van der Waals surface area contributed by atoms with Gasteiger partial charge in [-0.2, -0.15) is 5.10 Å². The van der Waals surface area contributed by atoms with Gasteiger partial charge in [-0.15, -0.1) is 0 Å². The SMILES string of the molecule is Fc1ccc(C2=NN(c3nc(-c4ccc(F)cc4)cc(-c4ccc(F)cc4)n3)C(c3ccc(F)cc3)C2)cc1. The van der Waals surface area contributed by atoms with Crippen molar-refractivity contribution in [3.05, 3.63) is 138 Å². The number of benzene rings is 4. The van der Waals surface area contributed by atoms with Crippen LogP contribution in [0.25, 0.3) is 22.5 Å². The van der Waals surface area contributed by atoms with Gasteiger partial charge in [0, 0.05) is 17.5 Å². The Morgan fingerprint density at radius 1 is 0.538 bits per heavy atom. The minimum absolute atomic E-state index is 0.252. The van der Waals surface area contributed by atoms with Crippen LogP contribution in [0.3, 0.4) is 0 Å². The van der Waals surface area contributed by atoms with Gasteiger partial charge in [-0.05, 0) is 90.0 Å². The van der Waals surface area contributed by atoms with Gasteiger partial charge in [0.25, 0.3) is 0 Å². The van der Waals surface area contributed by atoms with E-state index in [0.717, 1.165) is 11.1 Å². The first kappa shape index (κ1) is 24.5. The first-order valence-electron chi connectivity index (χ1n) is 12.2. The monoisotopic (exact) mass is 524 g/mol. The van der Waals surface area contributed by atoms with Crippen molar-refractivity contribution in [1.29, 1.82) is 0 Å². The third-order valence-electron chi connectivity index (χ3n) is 6.54. The molecule has 2 heterocycles. The lowest BCUT2D eigenvalue weighted by Gasteiger charge is -2.23. The van der Waals surface area contributed by atoms with E-state index in [1.54, 1.807) is 59.6 Å². The number of hydrazone groups is 1. The highest BCUT2D eigenvalue weighted by atomic mass is 19.1. The number of hydrogen-bond donors (Lipinski definition) is 0. The number of aromatic nitrogens is 2. The molecule has 0 fully saturated rings. The second-order valence-corrected chi connectivity index (χ2v) is 9.12. The molecule has 1 unspecified atom stereocenters. The van der Waals surface area contributed by atoms with Gasteiger partial charge in [0.05, 0.1) is 23.1 Å². The van der Waals surface area contributed by atoms with Crippen molar-refractivity contribution in [3.63, 3.8) is 0 Å².